The maximum Gasteiger partial charge on any atom is 0.259 e. The van der Waals surface area contributed by atoms with Gasteiger partial charge in [-0.2, -0.15) is 0 Å². The number of benzene rings is 2. The van der Waals surface area contributed by atoms with Gasteiger partial charge >= 0.3 is 0 Å². The molecule has 0 aliphatic heterocycles. The standard InChI is InChI=1S/C21H18ClN3O/c1-14-5-3-4-6-17(14)12-24-15(2)11-20(26)25-13-19(23-21(24)25)16-7-9-18(22)10-8-16/h3-11,13H,12H2,1-2H3. The Hall–Kier alpha value is -2.85. The summed E-state index contributed by atoms with van der Waals surface area (Å²) in [5.41, 5.74) is 4.91. The van der Waals surface area contributed by atoms with E-state index in [2.05, 4.69) is 23.6 Å². The van der Waals surface area contributed by atoms with E-state index in [4.69, 9.17) is 16.6 Å². The minimum Gasteiger partial charge on any atom is -0.311 e. The van der Waals surface area contributed by atoms with Crippen LogP contribution >= 0.6 is 11.6 Å². The Morgan fingerprint density at radius 3 is 2.50 bits per heavy atom. The Balaban J connectivity index is 1.89. The number of nitrogens with zero attached hydrogens (tertiary/aromatic N) is 3. The summed E-state index contributed by atoms with van der Waals surface area (Å²) in [6.45, 7) is 4.70. The lowest BCUT2D eigenvalue weighted by Crippen LogP contribution is -2.19. The summed E-state index contributed by atoms with van der Waals surface area (Å²) in [5, 5.41) is 0.674. The van der Waals surface area contributed by atoms with Crippen molar-refractivity contribution in [1.29, 1.82) is 0 Å². The number of aromatic nitrogens is 3. The molecule has 130 valence electrons. The Kier molecular flexibility index (Phi) is 4.13. The van der Waals surface area contributed by atoms with E-state index in [1.54, 1.807) is 16.7 Å². The van der Waals surface area contributed by atoms with E-state index in [1.165, 1.54) is 11.1 Å². The van der Waals surface area contributed by atoms with Gasteiger partial charge in [0.05, 0.1) is 12.2 Å². The van der Waals surface area contributed by atoms with Crippen LogP contribution in [0.1, 0.15) is 16.8 Å². The molecule has 0 radical (unpaired) electrons. The van der Waals surface area contributed by atoms with E-state index in [9.17, 15) is 4.79 Å². The van der Waals surface area contributed by atoms with Crippen molar-refractivity contribution < 1.29 is 0 Å². The van der Waals surface area contributed by atoms with Crippen LogP contribution in [0.5, 0.6) is 0 Å². The van der Waals surface area contributed by atoms with Crippen LogP contribution < -0.4 is 5.56 Å². The van der Waals surface area contributed by atoms with Crippen molar-refractivity contribution in [3.05, 3.63) is 93.0 Å². The predicted molar refractivity (Wildman–Crippen MR) is 105 cm³/mol. The molecule has 0 unspecified atom stereocenters. The molecule has 4 nitrogen and oxygen atoms in total. The number of hydrogen-bond donors (Lipinski definition) is 0. The van der Waals surface area contributed by atoms with Crippen LogP contribution in [0.25, 0.3) is 17.0 Å². The van der Waals surface area contributed by atoms with E-state index >= 15 is 0 Å². The Morgan fingerprint density at radius 1 is 1.04 bits per heavy atom. The summed E-state index contributed by atoms with van der Waals surface area (Å²) in [6.07, 6.45) is 1.79. The minimum atomic E-state index is -0.0775. The van der Waals surface area contributed by atoms with Gasteiger partial charge in [0, 0.05) is 28.5 Å². The van der Waals surface area contributed by atoms with Crippen molar-refractivity contribution in [1.82, 2.24) is 14.0 Å². The molecule has 0 saturated carbocycles. The summed E-state index contributed by atoms with van der Waals surface area (Å²) in [4.78, 5) is 17.2. The highest BCUT2D eigenvalue weighted by molar-refractivity contribution is 6.30. The third-order valence-corrected chi connectivity index (χ3v) is 4.91. The van der Waals surface area contributed by atoms with Gasteiger partial charge < -0.3 is 4.57 Å². The molecule has 0 aliphatic carbocycles. The molecule has 4 aromatic rings. The molecule has 0 amide bonds. The number of hydrogen-bond acceptors (Lipinski definition) is 2. The number of rotatable bonds is 3. The van der Waals surface area contributed by atoms with Gasteiger partial charge in [-0.25, -0.2) is 4.98 Å². The Labute approximate surface area is 156 Å². The summed E-state index contributed by atoms with van der Waals surface area (Å²) < 4.78 is 3.68. The lowest BCUT2D eigenvalue weighted by atomic mass is 10.1. The Bertz CT molecular complexity index is 1160. The molecule has 0 bridgehead atoms. The van der Waals surface area contributed by atoms with Gasteiger partial charge in [-0.05, 0) is 37.1 Å². The average molecular weight is 364 g/mol. The zero-order chi connectivity index (χ0) is 18.3. The molecule has 5 heteroatoms. The third-order valence-electron chi connectivity index (χ3n) is 4.65. The maximum absolute atomic E-state index is 12.5. The molecule has 0 fully saturated rings. The van der Waals surface area contributed by atoms with Gasteiger partial charge in [0.2, 0.25) is 5.78 Å². The van der Waals surface area contributed by atoms with E-state index < -0.39 is 0 Å². The molecular formula is C21H18ClN3O. The number of fused-ring (bicyclic) bond motifs is 1. The van der Waals surface area contributed by atoms with Crippen molar-refractivity contribution in [2.45, 2.75) is 20.4 Å². The molecule has 0 saturated heterocycles. The van der Waals surface area contributed by atoms with Crippen LogP contribution in [-0.2, 0) is 6.54 Å². The number of imidazole rings is 1. The predicted octanol–water partition coefficient (Wildman–Crippen LogP) is 4.48. The van der Waals surface area contributed by atoms with Crippen molar-refractivity contribution in [3.8, 4) is 11.3 Å². The van der Waals surface area contributed by atoms with Crippen LogP contribution in [0.4, 0.5) is 0 Å². The summed E-state index contributed by atoms with van der Waals surface area (Å²) in [6, 6.07) is 17.4. The highest BCUT2D eigenvalue weighted by Crippen LogP contribution is 2.22. The first-order chi connectivity index (χ1) is 12.5. The first-order valence-corrected chi connectivity index (χ1v) is 8.81. The second-order valence-corrected chi connectivity index (χ2v) is 6.88. The molecule has 0 spiro atoms. The second-order valence-electron chi connectivity index (χ2n) is 6.44. The maximum atomic E-state index is 12.5. The van der Waals surface area contributed by atoms with Crippen LogP contribution in [-0.4, -0.2) is 14.0 Å². The summed E-state index contributed by atoms with van der Waals surface area (Å²) >= 11 is 5.97. The topological polar surface area (TPSA) is 39.3 Å². The SMILES string of the molecule is Cc1ccccc1Cn1c(C)cc(=O)n2cc(-c3ccc(Cl)cc3)nc12. The van der Waals surface area contributed by atoms with E-state index in [0.717, 1.165) is 17.0 Å². The largest absolute Gasteiger partial charge is 0.311 e. The molecule has 0 atom stereocenters. The monoisotopic (exact) mass is 363 g/mol. The normalized spacial score (nSPS) is 11.2. The molecule has 2 heterocycles. The van der Waals surface area contributed by atoms with Gasteiger partial charge in [-0.1, -0.05) is 48.0 Å². The molecule has 0 N–H and O–H groups in total. The fraction of sp³-hybridized carbons (Fsp3) is 0.143. The average Bonchev–Trinajstić information content (AvgIpc) is 3.06. The smallest absolute Gasteiger partial charge is 0.259 e. The van der Waals surface area contributed by atoms with E-state index in [0.29, 0.717) is 17.3 Å². The third kappa shape index (κ3) is 2.93. The first kappa shape index (κ1) is 16.6. The molecule has 2 aromatic carbocycles. The zero-order valence-electron chi connectivity index (χ0n) is 14.6. The van der Waals surface area contributed by atoms with Gasteiger partial charge in [-0.3, -0.25) is 9.20 Å². The zero-order valence-corrected chi connectivity index (χ0v) is 15.4. The quantitative estimate of drug-likeness (QED) is 0.538. The van der Waals surface area contributed by atoms with Crippen LogP contribution in [0, 0.1) is 13.8 Å². The fourth-order valence-corrected chi connectivity index (χ4v) is 3.25. The summed E-state index contributed by atoms with van der Waals surface area (Å²) in [7, 11) is 0. The van der Waals surface area contributed by atoms with Gasteiger partial charge in [0.25, 0.3) is 5.56 Å². The lowest BCUT2D eigenvalue weighted by molar-refractivity contribution is 0.745. The van der Waals surface area contributed by atoms with Crippen LogP contribution in [0.15, 0.2) is 65.6 Å². The molecular weight excluding hydrogens is 346 g/mol. The van der Waals surface area contributed by atoms with Crippen molar-refractivity contribution in [3.63, 3.8) is 0 Å². The van der Waals surface area contributed by atoms with E-state index in [-0.39, 0.29) is 5.56 Å². The Morgan fingerprint density at radius 2 is 1.77 bits per heavy atom. The van der Waals surface area contributed by atoms with E-state index in [1.807, 2.05) is 43.3 Å². The van der Waals surface area contributed by atoms with Gasteiger partial charge in [0.15, 0.2) is 0 Å². The van der Waals surface area contributed by atoms with Gasteiger partial charge in [-0.15, -0.1) is 0 Å². The van der Waals surface area contributed by atoms with Crippen LogP contribution in [0.2, 0.25) is 5.02 Å². The molecule has 0 aliphatic rings. The number of halogens is 1. The highest BCUT2D eigenvalue weighted by Gasteiger charge is 2.13. The first-order valence-electron chi connectivity index (χ1n) is 8.43. The van der Waals surface area contributed by atoms with Crippen LogP contribution in [0.3, 0.4) is 0 Å². The van der Waals surface area contributed by atoms with Crippen molar-refractivity contribution in [2.24, 2.45) is 0 Å². The molecule has 26 heavy (non-hydrogen) atoms. The lowest BCUT2D eigenvalue weighted by Gasteiger charge is -2.13. The number of aryl methyl sites for hydroxylation is 2. The second kappa shape index (κ2) is 6.46. The minimum absolute atomic E-state index is 0.0775. The highest BCUT2D eigenvalue weighted by atomic mass is 35.5. The van der Waals surface area contributed by atoms with Crippen molar-refractivity contribution >= 4 is 17.4 Å². The molecule has 4 rings (SSSR count). The summed E-state index contributed by atoms with van der Waals surface area (Å²) in [5.74, 6) is 0.642. The molecule has 2 aromatic heterocycles. The fourth-order valence-electron chi connectivity index (χ4n) is 3.12. The van der Waals surface area contributed by atoms with Gasteiger partial charge in [0.1, 0.15) is 0 Å². The van der Waals surface area contributed by atoms with Crippen molar-refractivity contribution in [2.75, 3.05) is 0 Å².